The topological polar surface area (TPSA) is 29.4 Å². The molecule has 0 N–H and O–H groups in total. The minimum Gasteiger partial charge on any atom is -0.267 e. The lowest BCUT2D eigenvalue weighted by Crippen LogP contribution is -2.10. The first-order valence-electron chi connectivity index (χ1n) is 5.04. The number of rotatable bonds is 0. The molecular formula is C13H8FNO. The van der Waals surface area contributed by atoms with Gasteiger partial charge < -0.3 is 0 Å². The molecule has 0 saturated carbocycles. The summed E-state index contributed by atoms with van der Waals surface area (Å²) in [5, 5.41) is 1.30. The Morgan fingerprint density at radius 2 is 2.06 bits per heavy atom. The summed E-state index contributed by atoms with van der Waals surface area (Å²) in [7, 11) is 0. The fourth-order valence-corrected chi connectivity index (χ4v) is 2.03. The van der Waals surface area contributed by atoms with Gasteiger partial charge in [-0.15, -0.1) is 0 Å². The van der Waals surface area contributed by atoms with Crippen molar-refractivity contribution >= 4 is 22.9 Å². The van der Waals surface area contributed by atoms with Crippen molar-refractivity contribution in [1.29, 1.82) is 0 Å². The van der Waals surface area contributed by atoms with Gasteiger partial charge in [0.25, 0.3) is 5.91 Å². The second kappa shape index (κ2) is 3.23. The van der Waals surface area contributed by atoms with Crippen LogP contribution in [0.25, 0.3) is 10.8 Å². The first-order valence-corrected chi connectivity index (χ1v) is 5.04. The van der Waals surface area contributed by atoms with Crippen molar-refractivity contribution < 1.29 is 9.18 Å². The predicted molar refractivity (Wildman–Crippen MR) is 60.4 cm³/mol. The van der Waals surface area contributed by atoms with Crippen LogP contribution in [0.4, 0.5) is 4.39 Å². The molecule has 1 amide bonds. The monoisotopic (exact) mass is 213 g/mol. The summed E-state index contributed by atoms with van der Waals surface area (Å²) in [4.78, 5) is 15.2. The molecule has 1 heterocycles. The third-order valence-corrected chi connectivity index (χ3v) is 2.82. The van der Waals surface area contributed by atoms with Gasteiger partial charge in [-0.2, -0.15) is 0 Å². The quantitative estimate of drug-likeness (QED) is 0.661. The van der Waals surface area contributed by atoms with E-state index in [0.717, 1.165) is 5.39 Å². The third kappa shape index (κ3) is 1.18. The smallest absolute Gasteiger partial charge is 0.267 e. The van der Waals surface area contributed by atoms with Gasteiger partial charge in [-0.25, -0.2) is 9.38 Å². The van der Waals surface area contributed by atoms with Crippen molar-refractivity contribution in [3.8, 4) is 0 Å². The Morgan fingerprint density at radius 1 is 1.25 bits per heavy atom. The van der Waals surface area contributed by atoms with E-state index in [2.05, 4.69) is 4.99 Å². The van der Waals surface area contributed by atoms with E-state index in [1.165, 1.54) is 6.21 Å². The highest BCUT2D eigenvalue weighted by atomic mass is 19.1. The number of nitrogens with zero attached hydrogens (tertiary/aromatic N) is 1. The standard InChI is InChI=1S/C13H8FNO/c14-12-9-4-2-1-3-8(9)7-11-10(12)5-6-15-13(11)16/h1-4,6-7H,5H2. The van der Waals surface area contributed by atoms with Crippen molar-refractivity contribution in [3.63, 3.8) is 0 Å². The summed E-state index contributed by atoms with van der Waals surface area (Å²) in [5.74, 6) is -0.654. The number of hydrogen-bond donors (Lipinski definition) is 0. The molecular weight excluding hydrogens is 205 g/mol. The van der Waals surface area contributed by atoms with Crippen LogP contribution in [0.2, 0.25) is 0 Å². The van der Waals surface area contributed by atoms with E-state index in [4.69, 9.17) is 0 Å². The zero-order valence-electron chi connectivity index (χ0n) is 8.40. The SMILES string of the molecule is O=C1N=CCc2c1cc1ccccc1c2F. The number of aliphatic imine (C=N–C) groups is 1. The molecule has 0 saturated heterocycles. The Hall–Kier alpha value is -2.03. The van der Waals surface area contributed by atoms with Crippen molar-refractivity contribution in [2.24, 2.45) is 4.99 Å². The maximum atomic E-state index is 14.1. The highest BCUT2D eigenvalue weighted by Gasteiger charge is 2.19. The minimum absolute atomic E-state index is 0.299. The summed E-state index contributed by atoms with van der Waals surface area (Å²) in [5.41, 5.74) is 0.845. The maximum Gasteiger partial charge on any atom is 0.277 e. The molecule has 0 spiro atoms. The van der Waals surface area contributed by atoms with Gasteiger partial charge in [0.1, 0.15) is 5.82 Å². The van der Waals surface area contributed by atoms with Crippen LogP contribution in [0.3, 0.4) is 0 Å². The highest BCUT2D eigenvalue weighted by molar-refractivity contribution is 6.06. The molecule has 0 unspecified atom stereocenters. The van der Waals surface area contributed by atoms with E-state index in [1.807, 2.05) is 6.07 Å². The number of carbonyl (C=O) groups is 1. The van der Waals surface area contributed by atoms with Gasteiger partial charge in [0.05, 0.1) is 0 Å². The highest BCUT2D eigenvalue weighted by Crippen LogP contribution is 2.26. The molecule has 3 heteroatoms. The van der Waals surface area contributed by atoms with E-state index in [1.54, 1.807) is 24.3 Å². The average molecular weight is 213 g/mol. The maximum absolute atomic E-state index is 14.1. The van der Waals surface area contributed by atoms with Crippen LogP contribution in [0.5, 0.6) is 0 Å². The Balaban J connectivity index is 2.43. The van der Waals surface area contributed by atoms with Gasteiger partial charge >= 0.3 is 0 Å². The van der Waals surface area contributed by atoms with Gasteiger partial charge in [-0.1, -0.05) is 24.3 Å². The predicted octanol–water partition coefficient (Wildman–Crippen LogP) is 2.75. The van der Waals surface area contributed by atoms with Crippen LogP contribution in [0.15, 0.2) is 35.3 Å². The van der Waals surface area contributed by atoms with Crippen LogP contribution < -0.4 is 0 Å². The number of fused-ring (bicyclic) bond motifs is 2. The first kappa shape index (κ1) is 9.21. The van der Waals surface area contributed by atoms with Crippen LogP contribution in [-0.2, 0) is 6.42 Å². The summed E-state index contributed by atoms with van der Waals surface area (Å²) in [6, 6.07) is 8.85. The van der Waals surface area contributed by atoms with E-state index in [0.29, 0.717) is 22.9 Å². The molecule has 0 aromatic heterocycles. The molecule has 78 valence electrons. The molecule has 2 aromatic rings. The summed E-state index contributed by atoms with van der Waals surface area (Å²) in [6.45, 7) is 0. The average Bonchev–Trinajstić information content (AvgIpc) is 2.31. The van der Waals surface area contributed by atoms with E-state index in [-0.39, 0.29) is 11.7 Å². The van der Waals surface area contributed by atoms with Gasteiger partial charge in [-0.3, -0.25) is 4.79 Å². The molecule has 2 nitrogen and oxygen atoms in total. The summed E-state index contributed by atoms with van der Waals surface area (Å²) in [6.07, 6.45) is 1.85. The molecule has 2 aromatic carbocycles. The van der Waals surface area contributed by atoms with Crippen molar-refractivity contribution in [3.05, 3.63) is 47.3 Å². The lowest BCUT2D eigenvalue weighted by Gasteiger charge is -2.12. The van der Waals surface area contributed by atoms with E-state index < -0.39 is 0 Å². The van der Waals surface area contributed by atoms with Crippen LogP contribution in [-0.4, -0.2) is 12.1 Å². The van der Waals surface area contributed by atoms with Gasteiger partial charge in [0.2, 0.25) is 0 Å². The first-order chi connectivity index (χ1) is 7.77. The molecule has 1 aliphatic rings. The molecule has 0 radical (unpaired) electrons. The lowest BCUT2D eigenvalue weighted by atomic mass is 9.96. The summed E-state index contributed by atoms with van der Waals surface area (Å²) >= 11 is 0. The Bertz CT molecular complexity index is 631. The number of carbonyl (C=O) groups excluding carboxylic acids is 1. The number of halogens is 1. The largest absolute Gasteiger partial charge is 0.277 e. The minimum atomic E-state index is -0.356. The summed E-state index contributed by atoms with van der Waals surface area (Å²) < 4.78 is 14.1. The van der Waals surface area contributed by atoms with Gasteiger partial charge in [0.15, 0.2) is 0 Å². The van der Waals surface area contributed by atoms with Crippen molar-refractivity contribution in [2.75, 3.05) is 0 Å². The van der Waals surface area contributed by atoms with E-state index >= 15 is 0 Å². The van der Waals surface area contributed by atoms with Crippen LogP contribution in [0, 0.1) is 5.82 Å². The zero-order chi connectivity index (χ0) is 11.1. The van der Waals surface area contributed by atoms with Gasteiger partial charge in [0, 0.05) is 29.1 Å². The molecule has 0 fully saturated rings. The fraction of sp³-hybridized carbons (Fsp3) is 0.0769. The Kier molecular flexibility index (Phi) is 1.86. The number of amides is 1. The third-order valence-electron chi connectivity index (χ3n) is 2.82. The van der Waals surface area contributed by atoms with Crippen molar-refractivity contribution in [2.45, 2.75) is 6.42 Å². The molecule has 1 aliphatic heterocycles. The molecule has 0 aliphatic carbocycles. The van der Waals surface area contributed by atoms with Gasteiger partial charge in [-0.05, 0) is 11.5 Å². The van der Waals surface area contributed by atoms with Crippen LogP contribution >= 0.6 is 0 Å². The second-order valence-corrected chi connectivity index (χ2v) is 3.76. The Morgan fingerprint density at radius 3 is 2.94 bits per heavy atom. The lowest BCUT2D eigenvalue weighted by molar-refractivity contribution is 0.100. The van der Waals surface area contributed by atoms with E-state index in [9.17, 15) is 9.18 Å². The van der Waals surface area contributed by atoms with Crippen molar-refractivity contribution in [1.82, 2.24) is 0 Å². The molecule has 0 atom stereocenters. The number of hydrogen-bond acceptors (Lipinski definition) is 1. The number of benzene rings is 2. The normalized spacial score (nSPS) is 14.2. The second-order valence-electron chi connectivity index (χ2n) is 3.76. The van der Waals surface area contributed by atoms with Crippen LogP contribution in [0.1, 0.15) is 15.9 Å². The zero-order valence-corrected chi connectivity index (χ0v) is 8.40. The molecule has 3 rings (SSSR count). The molecule has 0 bridgehead atoms. The fourth-order valence-electron chi connectivity index (χ4n) is 2.03. The Labute approximate surface area is 91.4 Å². The molecule has 16 heavy (non-hydrogen) atoms.